The Labute approximate surface area is 226 Å². The second-order valence-corrected chi connectivity index (χ2v) is 9.04. The average Bonchev–Trinajstić information content (AvgIpc) is 2.93. The second kappa shape index (κ2) is 19.4. The zero-order chi connectivity index (χ0) is 27.3. The number of hydrogen-bond donors (Lipinski definition) is 2. The standard InChI is InChI=1S/C30H42N4O4/c1-3-5-9-21-37-27-17-13-25(14-18-27)23-31-33-29(35)11-7-8-12-30(36)34-32-24-26-15-19-28(20-16-26)38-22-10-6-4-2/h13-20,23-24H,3-12,21-22H2,1-2H3,(H,33,35)(H,34,36). The Balaban J connectivity index is 1.55. The predicted octanol–water partition coefficient (Wildman–Crippen LogP) is 5.99. The monoisotopic (exact) mass is 522 g/mol. The van der Waals surface area contributed by atoms with Crippen molar-refractivity contribution in [1.29, 1.82) is 0 Å². The molecule has 0 heterocycles. The molecule has 2 amide bonds. The van der Waals surface area contributed by atoms with E-state index in [4.69, 9.17) is 9.47 Å². The molecule has 2 N–H and O–H groups in total. The van der Waals surface area contributed by atoms with Gasteiger partial charge in [0.2, 0.25) is 11.8 Å². The highest BCUT2D eigenvalue weighted by molar-refractivity contribution is 5.83. The third kappa shape index (κ3) is 14.2. The molecule has 0 aliphatic heterocycles. The van der Waals surface area contributed by atoms with Crippen LogP contribution in [0.15, 0.2) is 58.7 Å². The first-order valence-electron chi connectivity index (χ1n) is 13.7. The summed E-state index contributed by atoms with van der Waals surface area (Å²) in [5.74, 6) is 1.28. The van der Waals surface area contributed by atoms with Gasteiger partial charge in [-0.05, 0) is 85.3 Å². The number of nitrogens with one attached hydrogen (secondary N) is 2. The lowest BCUT2D eigenvalue weighted by Gasteiger charge is -2.05. The summed E-state index contributed by atoms with van der Waals surface area (Å²) in [6.45, 7) is 5.76. The van der Waals surface area contributed by atoms with Gasteiger partial charge in [-0.15, -0.1) is 0 Å². The van der Waals surface area contributed by atoms with E-state index in [2.05, 4.69) is 34.9 Å². The van der Waals surface area contributed by atoms with Crippen molar-refractivity contribution in [3.63, 3.8) is 0 Å². The van der Waals surface area contributed by atoms with E-state index in [1.807, 2.05) is 48.5 Å². The molecule has 0 atom stereocenters. The topological polar surface area (TPSA) is 101 Å². The van der Waals surface area contributed by atoms with E-state index < -0.39 is 0 Å². The van der Waals surface area contributed by atoms with Crippen molar-refractivity contribution in [2.24, 2.45) is 10.2 Å². The molecule has 0 aromatic heterocycles. The quantitative estimate of drug-likeness (QED) is 0.134. The van der Waals surface area contributed by atoms with Crippen LogP contribution in [-0.2, 0) is 9.59 Å². The first-order chi connectivity index (χ1) is 18.6. The number of carbonyl (C=O) groups is 2. The molecule has 2 rings (SSSR count). The van der Waals surface area contributed by atoms with Crippen molar-refractivity contribution >= 4 is 24.2 Å². The number of rotatable bonds is 19. The van der Waals surface area contributed by atoms with E-state index in [0.717, 1.165) is 61.5 Å². The van der Waals surface area contributed by atoms with Crippen LogP contribution in [0.2, 0.25) is 0 Å². The van der Waals surface area contributed by atoms with Crippen LogP contribution in [0.4, 0.5) is 0 Å². The number of amides is 2. The van der Waals surface area contributed by atoms with Gasteiger partial charge in [0.15, 0.2) is 0 Å². The first-order valence-corrected chi connectivity index (χ1v) is 13.7. The van der Waals surface area contributed by atoms with Crippen LogP contribution in [-0.4, -0.2) is 37.5 Å². The summed E-state index contributed by atoms with van der Waals surface area (Å²) in [6, 6.07) is 15.2. The smallest absolute Gasteiger partial charge is 0.240 e. The van der Waals surface area contributed by atoms with Crippen molar-refractivity contribution in [3.8, 4) is 11.5 Å². The fourth-order valence-corrected chi connectivity index (χ4v) is 3.42. The van der Waals surface area contributed by atoms with E-state index in [1.54, 1.807) is 12.4 Å². The SMILES string of the molecule is CCCCCOc1ccc(C=NNC(=O)CCCCC(=O)NN=Cc2ccc(OCCCCC)cc2)cc1. The summed E-state index contributed by atoms with van der Waals surface area (Å²) in [7, 11) is 0. The van der Waals surface area contributed by atoms with Crippen molar-refractivity contribution in [2.45, 2.75) is 78.1 Å². The number of carbonyl (C=O) groups excluding carboxylic acids is 2. The molecule has 0 unspecified atom stereocenters. The molecule has 0 fully saturated rings. The minimum Gasteiger partial charge on any atom is -0.494 e. The molecule has 0 spiro atoms. The van der Waals surface area contributed by atoms with E-state index in [1.165, 1.54) is 12.8 Å². The molecule has 0 bridgehead atoms. The predicted molar refractivity (Wildman–Crippen MR) is 153 cm³/mol. The summed E-state index contributed by atoms with van der Waals surface area (Å²) in [6.07, 6.45) is 11.7. The van der Waals surface area contributed by atoms with E-state index in [-0.39, 0.29) is 11.8 Å². The van der Waals surface area contributed by atoms with Crippen molar-refractivity contribution < 1.29 is 19.1 Å². The maximum absolute atomic E-state index is 12.0. The minimum atomic E-state index is -0.187. The summed E-state index contributed by atoms with van der Waals surface area (Å²) < 4.78 is 11.4. The maximum atomic E-state index is 12.0. The molecule has 0 saturated heterocycles. The summed E-state index contributed by atoms with van der Waals surface area (Å²) in [4.78, 5) is 23.9. The maximum Gasteiger partial charge on any atom is 0.240 e. The van der Waals surface area contributed by atoms with Gasteiger partial charge in [0.25, 0.3) is 0 Å². The summed E-state index contributed by atoms with van der Waals surface area (Å²) in [5, 5.41) is 7.99. The number of ether oxygens (including phenoxy) is 2. The zero-order valence-corrected chi connectivity index (χ0v) is 22.8. The fourth-order valence-electron chi connectivity index (χ4n) is 3.42. The average molecular weight is 523 g/mol. The van der Waals surface area contributed by atoms with E-state index in [9.17, 15) is 9.59 Å². The van der Waals surface area contributed by atoms with Gasteiger partial charge < -0.3 is 9.47 Å². The molecular formula is C30H42N4O4. The van der Waals surface area contributed by atoms with Crippen molar-refractivity contribution in [3.05, 3.63) is 59.7 Å². The first kappa shape index (κ1) is 30.5. The molecule has 0 aliphatic carbocycles. The normalized spacial score (nSPS) is 11.1. The lowest BCUT2D eigenvalue weighted by Crippen LogP contribution is -2.19. The molecule has 0 aliphatic rings. The van der Waals surface area contributed by atoms with Crippen LogP contribution in [0.5, 0.6) is 11.5 Å². The molecule has 2 aromatic carbocycles. The molecule has 38 heavy (non-hydrogen) atoms. The van der Waals surface area contributed by atoms with Crippen LogP contribution in [0, 0.1) is 0 Å². The Morgan fingerprint density at radius 3 is 1.39 bits per heavy atom. The van der Waals surface area contributed by atoms with Crippen LogP contribution in [0.25, 0.3) is 0 Å². The summed E-state index contributed by atoms with van der Waals surface area (Å²) >= 11 is 0. The van der Waals surface area contributed by atoms with Crippen molar-refractivity contribution in [2.75, 3.05) is 13.2 Å². The number of hydrogen-bond acceptors (Lipinski definition) is 6. The molecule has 8 nitrogen and oxygen atoms in total. The van der Waals surface area contributed by atoms with Crippen molar-refractivity contribution in [1.82, 2.24) is 10.9 Å². The highest BCUT2D eigenvalue weighted by atomic mass is 16.5. The van der Waals surface area contributed by atoms with Gasteiger partial charge in [-0.1, -0.05) is 39.5 Å². The molecule has 206 valence electrons. The zero-order valence-electron chi connectivity index (χ0n) is 22.8. The van der Waals surface area contributed by atoms with E-state index in [0.29, 0.717) is 25.7 Å². The highest BCUT2D eigenvalue weighted by Crippen LogP contribution is 2.13. The Morgan fingerprint density at radius 2 is 1.03 bits per heavy atom. The number of nitrogens with zero attached hydrogens (tertiary/aromatic N) is 2. The van der Waals surface area contributed by atoms with Gasteiger partial charge >= 0.3 is 0 Å². The number of unbranched alkanes of at least 4 members (excludes halogenated alkanes) is 5. The van der Waals surface area contributed by atoms with Crippen LogP contribution in [0.1, 0.15) is 89.2 Å². The van der Waals surface area contributed by atoms with Gasteiger partial charge in [-0.25, -0.2) is 10.9 Å². The Morgan fingerprint density at radius 1 is 0.632 bits per heavy atom. The minimum absolute atomic E-state index is 0.187. The van der Waals surface area contributed by atoms with Gasteiger partial charge in [0, 0.05) is 12.8 Å². The highest BCUT2D eigenvalue weighted by Gasteiger charge is 2.03. The number of hydrazone groups is 2. The van der Waals surface area contributed by atoms with Crippen LogP contribution >= 0.6 is 0 Å². The molecular weight excluding hydrogens is 480 g/mol. The van der Waals surface area contributed by atoms with Gasteiger partial charge in [-0.2, -0.15) is 10.2 Å². The lowest BCUT2D eigenvalue weighted by atomic mass is 10.2. The Hall–Kier alpha value is -3.68. The number of benzene rings is 2. The fraction of sp³-hybridized carbons (Fsp3) is 0.467. The third-order valence-electron chi connectivity index (χ3n) is 5.66. The Bertz CT molecular complexity index is 907. The molecule has 0 saturated carbocycles. The molecule has 0 radical (unpaired) electrons. The van der Waals surface area contributed by atoms with Crippen LogP contribution in [0.3, 0.4) is 0 Å². The Kier molecular flexibility index (Phi) is 15.6. The largest absolute Gasteiger partial charge is 0.494 e. The molecule has 2 aromatic rings. The van der Waals surface area contributed by atoms with Gasteiger partial charge in [-0.3, -0.25) is 9.59 Å². The van der Waals surface area contributed by atoms with Gasteiger partial charge in [0.05, 0.1) is 25.6 Å². The van der Waals surface area contributed by atoms with Gasteiger partial charge in [0.1, 0.15) is 11.5 Å². The second-order valence-electron chi connectivity index (χ2n) is 9.04. The molecule has 8 heteroatoms. The lowest BCUT2D eigenvalue weighted by molar-refractivity contribution is -0.123. The van der Waals surface area contributed by atoms with E-state index >= 15 is 0 Å². The summed E-state index contributed by atoms with van der Waals surface area (Å²) in [5.41, 5.74) is 6.78. The van der Waals surface area contributed by atoms with Crippen LogP contribution < -0.4 is 20.3 Å². The third-order valence-corrected chi connectivity index (χ3v) is 5.66.